The van der Waals surface area contributed by atoms with Crippen LogP contribution in [0.2, 0.25) is 0 Å². The van der Waals surface area contributed by atoms with Gasteiger partial charge >= 0.3 is 0 Å². The van der Waals surface area contributed by atoms with Gasteiger partial charge in [-0.3, -0.25) is 11.3 Å². The van der Waals surface area contributed by atoms with Crippen LogP contribution in [0, 0.1) is 13.8 Å². The van der Waals surface area contributed by atoms with Crippen molar-refractivity contribution in [1.82, 2.24) is 5.43 Å². The Hall–Kier alpha value is -1.64. The average Bonchev–Trinajstić information content (AvgIpc) is 2.40. The Bertz CT molecular complexity index is 506. The summed E-state index contributed by atoms with van der Waals surface area (Å²) in [6.07, 6.45) is 0.903. The smallest absolute Gasteiger partial charge is 0.0500 e. The van der Waals surface area contributed by atoms with Crippen molar-refractivity contribution in [2.24, 2.45) is 5.84 Å². The van der Waals surface area contributed by atoms with E-state index >= 15 is 0 Å². The molecule has 1 unspecified atom stereocenters. The third-order valence-electron chi connectivity index (χ3n) is 3.42. The van der Waals surface area contributed by atoms with E-state index in [0.29, 0.717) is 0 Å². The minimum absolute atomic E-state index is 0.159. The van der Waals surface area contributed by atoms with Crippen LogP contribution in [0.5, 0.6) is 0 Å². The van der Waals surface area contributed by atoms with Gasteiger partial charge in [-0.05, 0) is 42.5 Å². The van der Waals surface area contributed by atoms with Crippen molar-refractivity contribution in [3.8, 4) is 0 Å². The lowest BCUT2D eigenvalue weighted by molar-refractivity contribution is 0.551. The quantitative estimate of drug-likeness (QED) is 0.636. The minimum atomic E-state index is 0.159. The van der Waals surface area contributed by atoms with E-state index in [9.17, 15) is 0 Å². The molecule has 2 aromatic rings. The highest BCUT2D eigenvalue weighted by Gasteiger charge is 2.10. The highest BCUT2D eigenvalue weighted by Crippen LogP contribution is 2.20. The Morgan fingerprint density at radius 1 is 1.00 bits per heavy atom. The van der Waals surface area contributed by atoms with Crippen molar-refractivity contribution in [2.45, 2.75) is 26.3 Å². The Balaban J connectivity index is 2.20. The monoisotopic (exact) mass is 240 g/mol. The van der Waals surface area contributed by atoms with Gasteiger partial charge in [0.25, 0.3) is 0 Å². The maximum atomic E-state index is 5.69. The molecule has 94 valence electrons. The number of aryl methyl sites for hydroxylation is 2. The molecule has 0 aliphatic carbocycles. The predicted octanol–water partition coefficient (Wildman–Crippen LogP) is 3.05. The summed E-state index contributed by atoms with van der Waals surface area (Å²) in [6.45, 7) is 4.26. The molecule has 2 aromatic carbocycles. The Morgan fingerprint density at radius 3 is 2.33 bits per heavy atom. The summed E-state index contributed by atoms with van der Waals surface area (Å²) in [4.78, 5) is 0. The van der Waals surface area contributed by atoms with Gasteiger partial charge in [0.05, 0.1) is 0 Å². The van der Waals surface area contributed by atoms with Crippen LogP contribution in [-0.2, 0) is 6.42 Å². The summed E-state index contributed by atoms with van der Waals surface area (Å²) >= 11 is 0. The first-order valence-corrected chi connectivity index (χ1v) is 6.28. The Labute approximate surface area is 109 Å². The number of nitrogens with two attached hydrogens (primary N) is 1. The number of hydrogen-bond donors (Lipinski definition) is 2. The summed E-state index contributed by atoms with van der Waals surface area (Å²) in [7, 11) is 0. The number of nitrogens with one attached hydrogen (secondary N) is 1. The van der Waals surface area contributed by atoms with Gasteiger partial charge in [0.1, 0.15) is 0 Å². The molecular weight excluding hydrogens is 220 g/mol. The molecule has 2 nitrogen and oxygen atoms in total. The molecule has 0 radical (unpaired) electrons. The van der Waals surface area contributed by atoms with E-state index in [1.54, 1.807) is 0 Å². The van der Waals surface area contributed by atoms with E-state index in [1.165, 1.54) is 22.3 Å². The van der Waals surface area contributed by atoms with Crippen LogP contribution in [0.1, 0.15) is 28.3 Å². The summed E-state index contributed by atoms with van der Waals surface area (Å²) in [6, 6.07) is 17.1. The normalized spacial score (nSPS) is 12.4. The molecule has 0 amide bonds. The lowest BCUT2D eigenvalue weighted by Crippen LogP contribution is -2.29. The number of benzene rings is 2. The molecule has 2 heteroatoms. The number of hydrogen-bond acceptors (Lipinski definition) is 2. The zero-order valence-electron chi connectivity index (χ0n) is 11.0. The molecule has 3 N–H and O–H groups in total. The van der Waals surface area contributed by atoms with Crippen LogP contribution < -0.4 is 11.3 Å². The van der Waals surface area contributed by atoms with Crippen molar-refractivity contribution in [1.29, 1.82) is 0 Å². The van der Waals surface area contributed by atoms with Gasteiger partial charge in [-0.1, -0.05) is 48.5 Å². The Morgan fingerprint density at radius 2 is 1.72 bits per heavy atom. The van der Waals surface area contributed by atoms with Gasteiger partial charge in [-0.15, -0.1) is 0 Å². The van der Waals surface area contributed by atoms with Crippen molar-refractivity contribution in [3.05, 3.63) is 70.8 Å². The van der Waals surface area contributed by atoms with Gasteiger partial charge < -0.3 is 0 Å². The number of hydrazine groups is 1. The largest absolute Gasteiger partial charge is 0.271 e. The van der Waals surface area contributed by atoms with Crippen molar-refractivity contribution in [2.75, 3.05) is 0 Å². The maximum Gasteiger partial charge on any atom is 0.0500 e. The first-order valence-electron chi connectivity index (χ1n) is 6.28. The topological polar surface area (TPSA) is 38.0 Å². The molecule has 2 rings (SSSR count). The predicted molar refractivity (Wildman–Crippen MR) is 76.1 cm³/mol. The third-order valence-corrected chi connectivity index (χ3v) is 3.42. The fourth-order valence-electron chi connectivity index (χ4n) is 2.10. The van der Waals surface area contributed by atoms with Crippen LogP contribution in [0.15, 0.2) is 48.5 Å². The maximum absolute atomic E-state index is 5.69. The number of rotatable bonds is 4. The highest BCUT2D eigenvalue weighted by molar-refractivity contribution is 5.32. The Kier molecular flexibility index (Phi) is 4.13. The average molecular weight is 240 g/mol. The standard InChI is InChI=1S/C16H20N2/c1-12-8-9-15(10-13(12)2)16(18-17)11-14-6-4-3-5-7-14/h3-10,16,18H,11,17H2,1-2H3. The van der Waals surface area contributed by atoms with Crippen LogP contribution in [0.25, 0.3) is 0 Å². The van der Waals surface area contributed by atoms with E-state index in [2.05, 4.69) is 61.7 Å². The molecule has 0 spiro atoms. The van der Waals surface area contributed by atoms with E-state index in [4.69, 9.17) is 5.84 Å². The molecule has 0 bridgehead atoms. The molecule has 0 saturated heterocycles. The van der Waals surface area contributed by atoms with E-state index in [-0.39, 0.29) is 6.04 Å². The second kappa shape index (κ2) is 5.80. The second-order valence-corrected chi connectivity index (χ2v) is 4.75. The molecule has 18 heavy (non-hydrogen) atoms. The molecule has 0 fully saturated rings. The summed E-state index contributed by atoms with van der Waals surface area (Å²) in [5.41, 5.74) is 8.06. The SMILES string of the molecule is Cc1ccc(C(Cc2ccccc2)NN)cc1C. The summed E-state index contributed by atoms with van der Waals surface area (Å²) < 4.78 is 0. The second-order valence-electron chi connectivity index (χ2n) is 4.75. The fourth-order valence-corrected chi connectivity index (χ4v) is 2.10. The lowest BCUT2D eigenvalue weighted by Gasteiger charge is -2.17. The van der Waals surface area contributed by atoms with Crippen molar-refractivity contribution >= 4 is 0 Å². The van der Waals surface area contributed by atoms with Gasteiger partial charge in [-0.25, -0.2) is 0 Å². The fraction of sp³-hybridized carbons (Fsp3) is 0.250. The molecule has 0 aromatic heterocycles. The van der Waals surface area contributed by atoms with E-state index < -0.39 is 0 Å². The molecule has 1 atom stereocenters. The first kappa shape index (κ1) is 12.8. The molecule has 0 aliphatic rings. The summed E-state index contributed by atoms with van der Waals surface area (Å²) in [5, 5.41) is 0. The molecule has 0 saturated carbocycles. The van der Waals surface area contributed by atoms with Gasteiger partial charge in [0.15, 0.2) is 0 Å². The van der Waals surface area contributed by atoms with Gasteiger partial charge in [0.2, 0.25) is 0 Å². The zero-order chi connectivity index (χ0) is 13.0. The van der Waals surface area contributed by atoms with Crippen molar-refractivity contribution in [3.63, 3.8) is 0 Å². The zero-order valence-corrected chi connectivity index (χ0v) is 11.0. The molecule has 0 aliphatic heterocycles. The van der Waals surface area contributed by atoms with Crippen LogP contribution in [0.4, 0.5) is 0 Å². The minimum Gasteiger partial charge on any atom is -0.271 e. The lowest BCUT2D eigenvalue weighted by atomic mass is 9.96. The third kappa shape index (κ3) is 2.97. The molecule has 0 heterocycles. The van der Waals surface area contributed by atoms with Crippen molar-refractivity contribution < 1.29 is 0 Å². The van der Waals surface area contributed by atoms with Crippen LogP contribution >= 0.6 is 0 Å². The summed E-state index contributed by atoms with van der Waals surface area (Å²) in [5.74, 6) is 5.69. The van der Waals surface area contributed by atoms with Gasteiger partial charge in [-0.2, -0.15) is 0 Å². The van der Waals surface area contributed by atoms with Crippen LogP contribution in [0.3, 0.4) is 0 Å². The molecular formula is C16H20N2. The van der Waals surface area contributed by atoms with E-state index in [0.717, 1.165) is 6.42 Å². The van der Waals surface area contributed by atoms with Crippen LogP contribution in [-0.4, -0.2) is 0 Å². The highest BCUT2D eigenvalue weighted by atomic mass is 15.2. The first-order chi connectivity index (χ1) is 8.70. The van der Waals surface area contributed by atoms with Gasteiger partial charge in [0, 0.05) is 6.04 Å². The van der Waals surface area contributed by atoms with E-state index in [1.807, 2.05) is 6.07 Å².